The van der Waals surface area contributed by atoms with Crippen molar-refractivity contribution in [3.8, 4) is 27.6 Å². The minimum atomic E-state index is -0.727. The zero-order valence-corrected chi connectivity index (χ0v) is 21.3. The number of hydrogen-bond acceptors (Lipinski definition) is 5. The van der Waals surface area contributed by atoms with E-state index in [9.17, 15) is 9.59 Å². The summed E-state index contributed by atoms with van der Waals surface area (Å²) in [5.74, 6) is 0.0679. The molecule has 3 aromatic carbocycles. The number of carbonyl (C=O) groups excluding carboxylic acids is 2. The smallest absolute Gasteiger partial charge is 0.265 e. The summed E-state index contributed by atoms with van der Waals surface area (Å²) < 4.78 is 5.69. The van der Waals surface area contributed by atoms with Crippen LogP contribution in [0.15, 0.2) is 72.1 Å². The highest BCUT2D eigenvalue weighted by Crippen LogP contribution is 2.38. The fraction of sp³-hybridized carbons (Fsp3) is 0.207. The van der Waals surface area contributed by atoms with Crippen molar-refractivity contribution < 1.29 is 14.3 Å². The van der Waals surface area contributed by atoms with E-state index in [0.29, 0.717) is 11.4 Å². The van der Waals surface area contributed by atoms with E-state index in [1.165, 1.54) is 4.90 Å². The number of nitrogens with zero attached hydrogens (tertiary/aromatic N) is 2. The summed E-state index contributed by atoms with van der Waals surface area (Å²) in [5, 5.41) is 5.98. The second-order valence-electron chi connectivity index (χ2n) is 8.77. The molecule has 0 fully saturated rings. The molecule has 1 aliphatic rings. The van der Waals surface area contributed by atoms with Crippen LogP contribution < -0.4 is 15.0 Å². The molecule has 5 rings (SSSR count). The normalized spacial score (nSPS) is 13.6. The maximum atomic E-state index is 13.3. The number of thiazole rings is 1. The highest BCUT2D eigenvalue weighted by molar-refractivity contribution is 7.13. The van der Waals surface area contributed by atoms with Crippen molar-refractivity contribution >= 4 is 34.5 Å². The van der Waals surface area contributed by atoms with Crippen LogP contribution in [0.5, 0.6) is 5.75 Å². The van der Waals surface area contributed by atoms with E-state index in [4.69, 9.17) is 9.72 Å². The van der Waals surface area contributed by atoms with Gasteiger partial charge in [-0.25, -0.2) is 4.98 Å². The number of nitrogens with one attached hydrogen (secondary N) is 1. The van der Waals surface area contributed by atoms with E-state index in [1.54, 1.807) is 18.3 Å². The van der Waals surface area contributed by atoms with Gasteiger partial charge in [-0.15, -0.1) is 11.3 Å². The molecule has 7 heteroatoms. The molecule has 1 unspecified atom stereocenters. The minimum Gasteiger partial charge on any atom is -0.482 e. The molecule has 0 saturated heterocycles. The minimum absolute atomic E-state index is 0.108. The topological polar surface area (TPSA) is 71.5 Å². The zero-order valence-electron chi connectivity index (χ0n) is 20.4. The summed E-state index contributed by atoms with van der Waals surface area (Å²) >= 11 is 1.57. The highest BCUT2D eigenvalue weighted by Gasteiger charge is 2.34. The lowest BCUT2D eigenvalue weighted by molar-refractivity contribution is -0.125. The molecule has 0 bridgehead atoms. The lowest BCUT2D eigenvalue weighted by Gasteiger charge is -2.33. The Balaban J connectivity index is 1.45. The quantitative estimate of drug-likeness (QED) is 0.349. The number of hydrogen-bond donors (Lipinski definition) is 1. The summed E-state index contributed by atoms with van der Waals surface area (Å²) in [6.45, 7) is 5.66. The number of fused-ring (bicyclic) bond motifs is 1. The van der Waals surface area contributed by atoms with Gasteiger partial charge in [0.05, 0.1) is 11.4 Å². The maximum absolute atomic E-state index is 13.3. The first-order chi connectivity index (χ1) is 17.5. The number of para-hydroxylation sites is 1. The molecule has 2 heterocycles. The van der Waals surface area contributed by atoms with Gasteiger partial charge in [0.25, 0.3) is 5.91 Å². The number of benzene rings is 3. The molecule has 0 radical (unpaired) electrons. The molecule has 1 aliphatic heterocycles. The predicted molar refractivity (Wildman–Crippen MR) is 145 cm³/mol. The molecule has 1 N–H and O–H groups in total. The van der Waals surface area contributed by atoms with Crippen LogP contribution in [0.25, 0.3) is 21.8 Å². The largest absolute Gasteiger partial charge is 0.482 e. The Kier molecular flexibility index (Phi) is 6.57. The summed E-state index contributed by atoms with van der Waals surface area (Å²) in [6, 6.07) is 20.9. The standard InChI is InChI=1S/C29H27N3O3S/c1-4-20-12-8-9-18(2)27(20)31-28(34)19(3)32-24-15-22(13-14-25(24)35-16-26(32)33)23-17-36-29(30-23)21-10-6-5-7-11-21/h5-15,17,19H,4,16H2,1-3H3,(H,31,34). The molecule has 4 aromatic rings. The Hall–Kier alpha value is -3.97. The number of anilines is 2. The second-order valence-corrected chi connectivity index (χ2v) is 9.62. The fourth-order valence-electron chi connectivity index (χ4n) is 4.42. The third-order valence-electron chi connectivity index (χ3n) is 6.41. The van der Waals surface area contributed by atoms with Crippen molar-refractivity contribution in [2.45, 2.75) is 33.2 Å². The SMILES string of the molecule is CCc1cccc(C)c1NC(=O)C(C)N1C(=O)COc2ccc(-c3csc(-c4ccccc4)n3)cc21. The fourth-order valence-corrected chi connectivity index (χ4v) is 5.26. The Morgan fingerprint density at radius 3 is 2.69 bits per heavy atom. The maximum Gasteiger partial charge on any atom is 0.265 e. The van der Waals surface area contributed by atoms with Crippen LogP contribution in [-0.4, -0.2) is 29.4 Å². The van der Waals surface area contributed by atoms with Crippen LogP contribution in [0.4, 0.5) is 11.4 Å². The summed E-state index contributed by atoms with van der Waals surface area (Å²) in [4.78, 5) is 32.7. The van der Waals surface area contributed by atoms with Gasteiger partial charge in [-0.2, -0.15) is 0 Å². The van der Waals surface area contributed by atoms with Crippen LogP contribution in [0.3, 0.4) is 0 Å². The van der Waals surface area contributed by atoms with Gasteiger partial charge in [0.2, 0.25) is 5.91 Å². The van der Waals surface area contributed by atoms with Gasteiger partial charge in [0.1, 0.15) is 16.8 Å². The average Bonchev–Trinajstić information content (AvgIpc) is 3.40. The van der Waals surface area contributed by atoms with Crippen LogP contribution in [0.2, 0.25) is 0 Å². The molecule has 0 saturated carbocycles. The number of amides is 2. The highest BCUT2D eigenvalue weighted by atomic mass is 32.1. The molecule has 2 amide bonds. The molecule has 36 heavy (non-hydrogen) atoms. The van der Waals surface area contributed by atoms with Crippen LogP contribution >= 0.6 is 11.3 Å². The molecule has 1 atom stereocenters. The lowest BCUT2D eigenvalue weighted by Crippen LogP contribution is -2.49. The Morgan fingerprint density at radius 1 is 1.11 bits per heavy atom. The number of rotatable bonds is 6. The van der Waals surface area contributed by atoms with Gasteiger partial charge >= 0.3 is 0 Å². The van der Waals surface area contributed by atoms with Gasteiger partial charge in [-0.05, 0) is 49.6 Å². The first-order valence-corrected chi connectivity index (χ1v) is 12.8. The van der Waals surface area contributed by atoms with E-state index in [1.807, 2.05) is 79.0 Å². The summed E-state index contributed by atoms with van der Waals surface area (Å²) in [7, 11) is 0. The number of aromatic nitrogens is 1. The predicted octanol–water partition coefficient (Wildman–Crippen LogP) is 6.10. The van der Waals surface area contributed by atoms with Crippen molar-refractivity contribution in [2.75, 3.05) is 16.8 Å². The summed E-state index contributed by atoms with van der Waals surface area (Å²) in [5.41, 5.74) is 6.15. The number of ether oxygens (including phenoxy) is 1. The third kappa shape index (κ3) is 4.50. The Labute approximate surface area is 214 Å². The monoisotopic (exact) mass is 497 g/mol. The first kappa shape index (κ1) is 23.8. The van der Waals surface area contributed by atoms with Crippen molar-refractivity contribution in [2.24, 2.45) is 0 Å². The van der Waals surface area contributed by atoms with Crippen molar-refractivity contribution in [1.82, 2.24) is 4.98 Å². The molecule has 0 aliphatic carbocycles. The van der Waals surface area contributed by atoms with E-state index >= 15 is 0 Å². The van der Waals surface area contributed by atoms with E-state index in [-0.39, 0.29) is 18.4 Å². The molecular formula is C29H27N3O3S. The van der Waals surface area contributed by atoms with Gasteiger partial charge in [0, 0.05) is 22.2 Å². The molecule has 182 valence electrons. The lowest BCUT2D eigenvalue weighted by atomic mass is 10.0. The van der Waals surface area contributed by atoms with E-state index < -0.39 is 6.04 Å². The van der Waals surface area contributed by atoms with E-state index in [0.717, 1.165) is 45.1 Å². The Morgan fingerprint density at radius 2 is 1.92 bits per heavy atom. The number of carbonyl (C=O) groups is 2. The van der Waals surface area contributed by atoms with Crippen molar-refractivity contribution in [3.63, 3.8) is 0 Å². The molecule has 0 spiro atoms. The van der Waals surface area contributed by atoms with Crippen LogP contribution in [-0.2, 0) is 16.0 Å². The van der Waals surface area contributed by atoms with Crippen molar-refractivity contribution in [1.29, 1.82) is 0 Å². The molecular weight excluding hydrogens is 470 g/mol. The zero-order chi connectivity index (χ0) is 25.2. The summed E-state index contributed by atoms with van der Waals surface area (Å²) in [6.07, 6.45) is 0.799. The van der Waals surface area contributed by atoms with Gasteiger partial charge in [0.15, 0.2) is 6.61 Å². The average molecular weight is 498 g/mol. The van der Waals surface area contributed by atoms with Crippen LogP contribution in [0.1, 0.15) is 25.0 Å². The van der Waals surface area contributed by atoms with Crippen LogP contribution in [0, 0.1) is 6.92 Å². The number of aryl methyl sites for hydroxylation is 2. The van der Waals surface area contributed by atoms with E-state index in [2.05, 4.69) is 12.2 Å². The van der Waals surface area contributed by atoms with Gasteiger partial charge < -0.3 is 10.1 Å². The Bertz CT molecular complexity index is 1430. The molecule has 1 aromatic heterocycles. The van der Waals surface area contributed by atoms with Gasteiger partial charge in [-0.3, -0.25) is 14.5 Å². The van der Waals surface area contributed by atoms with Crippen molar-refractivity contribution in [3.05, 3.63) is 83.2 Å². The molecule has 6 nitrogen and oxygen atoms in total. The van der Waals surface area contributed by atoms with Gasteiger partial charge in [-0.1, -0.05) is 55.5 Å². The second kappa shape index (κ2) is 9.95. The third-order valence-corrected chi connectivity index (χ3v) is 7.31. The first-order valence-electron chi connectivity index (χ1n) is 12.0.